The van der Waals surface area contributed by atoms with Gasteiger partial charge in [-0.05, 0) is 42.6 Å². The van der Waals surface area contributed by atoms with E-state index in [-0.39, 0.29) is 0 Å². The lowest BCUT2D eigenvalue weighted by molar-refractivity contribution is 0.175. The average molecular weight is 271 g/mol. The minimum atomic E-state index is -0.454. The van der Waals surface area contributed by atoms with Crippen molar-refractivity contribution >= 4 is 0 Å². The zero-order chi connectivity index (χ0) is 14.2. The molecule has 0 aromatic heterocycles. The van der Waals surface area contributed by atoms with E-state index in [1.54, 1.807) is 12.1 Å². The number of aliphatic hydroxyl groups is 1. The quantitative estimate of drug-likeness (QED) is 0.679. The van der Waals surface area contributed by atoms with Crippen LogP contribution in [0.2, 0.25) is 0 Å². The fourth-order valence-corrected chi connectivity index (χ4v) is 2.11. The average Bonchev–Trinajstić information content (AvgIpc) is 2.49. The van der Waals surface area contributed by atoms with Crippen LogP contribution in [-0.4, -0.2) is 23.3 Å². The molecule has 3 heteroatoms. The summed E-state index contributed by atoms with van der Waals surface area (Å²) in [7, 11) is 0. The number of benzene rings is 2. The molecule has 2 rings (SSSR count). The van der Waals surface area contributed by atoms with Gasteiger partial charge in [-0.15, -0.1) is 0 Å². The standard InChI is InChI=1S/C17H21NO2/c19-16-10-8-14(9-11-16)5-4-12-18-13-17(20)15-6-2-1-3-7-15/h1-3,6-11,17-20H,4-5,12-13H2. The highest BCUT2D eigenvalue weighted by molar-refractivity contribution is 5.25. The van der Waals surface area contributed by atoms with Gasteiger partial charge >= 0.3 is 0 Å². The van der Waals surface area contributed by atoms with Crippen LogP contribution >= 0.6 is 0 Å². The van der Waals surface area contributed by atoms with Crippen LogP contribution in [-0.2, 0) is 6.42 Å². The van der Waals surface area contributed by atoms with E-state index in [0.717, 1.165) is 24.9 Å². The first-order chi connectivity index (χ1) is 9.75. The first-order valence-corrected chi connectivity index (χ1v) is 6.97. The Kier molecular flexibility index (Phi) is 5.59. The molecule has 0 aliphatic rings. The van der Waals surface area contributed by atoms with Crippen molar-refractivity contribution in [1.29, 1.82) is 0 Å². The molecule has 0 aliphatic heterocycles. The van der Waals surface area contributed by atoms with Crippen LogP contribution in [0.3, 0.4) is 0 Å². The Bertz CT molecular complexity index is 496. The van der Waals surface area contributed by atoms with Crippen LogP contribution in [0.4, 0.5) is 0 Å². The van der Waals surface area contributed by atoms with Gasteiger partial charge in [-0.25, -0.2) is 0 Å². The van der Waals surface area contributed by atoms with E-state index in [2.05, 4.69) is 5.32 Å². The summed E-state index contributed by atoms with van der Waals surface area (Å²) in [6.07, 6.45) is 1.52. The van der Waals surface area contributed by atoms with Gasteiger partial charge in [0.25, 0.3) is 0 Å². The summed E-state index contributed by atoms with van der Waals surface area (Å²) in [5.74, 6) is 0.304. The number of aromatic hydroxyl groups is 1. The number of aliphatic hydroxyl groups excluding tert-OH is 1. The Balaban J connectivity index is 1.63. The Morgan fingerprint density at radius 2 is 1.65 bits per heavy atom. The lowest BCUT2D eigenvalue weighted by Crippen LogP contribution is -2.22. The molecule has 0 fully saturated rings. The predicted octanol–water partition coefficient (Wildman–Crippen LogP) is 2.65. The smallest absolute Gasteiger partial charge is 0.115 e. The second kappa shape index (κ2) is 7.68. The zero-order valence-corrected chi connectivity index (χ0v) is 11.5. The van der Waals surface area contributed by atoms with E-state index in [0.29, 0.717) is 12.3 Å². The van der Waals surface area contributed by atoms with Gasteiger partial charge in [0.2, 0.25) is 0 Å². The monoisotopic (exact) mass is 271 g/mol. The molecule has 0 aliphatic carbocycles. The topological polar surface area (TPSA) is 52.5 Å². The van der Waals surface area contributed by atoms with Crippen molar-refractivity contribution in [2.45, 2.75) is 18.9 Å². The van der Waals surface area contributed by atoms with Crippen molar-refractivity contribution in [2.24, 2.45) is 0 Å². The first kappa shape index (κ1) is 14.6. The zero-order valence-electron chi connectivity index (χ0n) is 11.5. The lowest BCUT2D eigenvalue weighted by Gasteiger charge is -2.12. The van der Waals surface area contributed by atoms with Gasteiger partial charge in [-0.3, -0.25) is 0 Å². The molecular weight excluding hydrogens is 250 g/mol. The highest BCUT2D eigenvalue weighted by Gasteiger charge is 2.05. The molecule has 3 nitrogen and oxygen atoms in total. The van der Waals surface area contributed by atoms with Gasteiger partial charge in [-0.2, -0.15) is 0 Å². The van der Waals surface area contributed by atoms with Crippen molar-refractivity contribution in [1.82, 2.24) is 5.32 Å². The Morgan fingerprint density at radius 1 is 0.950 bits per heavy atom. The van der Waals surface area contributed by atoms with Crippen LogP contribution in [0, 0.1) is 0 Å². The van der Waals surface area contributed by atoms with E-state index >= 15 is 0 Å². The van der Waals surface area contributed by atoms with Gasteiger partial charge in [0.15, 0.2) is 0 Å². The van der Waals surface area contributed by atoms with E-state index in [9.17, 15) is 10.2 Å². The summed E-state index contributed by atoms with van der Waals surface area (Å²) in [5.41, 5.74) is 2.16. The van der Waals surface area contributed by atoms with E-state index in [4.69, 9.17) is 0 Å². The minimum Gasteiger partial charge on any atom is -0.508 e. The van der Waals surface area contributed by atoms with Crippen LogP contribution in [0.5, 0.6) is 5.75 Å². The molecule has 20 heavy (non-hydrogen) atoms. The van der Waals surface area contributed by atoms with Crippen molar-refractivity contribution in [3.05, 3.63) is 65.7 Å². The number of phenols is 1. The Labute approximate surface area is 119 Å². The third-order valence-electron chi connectivity index (χ3n) is 3.28. The summed E-state index contributed by atoms with van der Waals surface area (Å²) in [6, 6.07) is 17.0. The number of phenolic OH excluding ortho intramolecular Hbond substituents is 1. The fraction of sp³-hybridized carbons (Fsp3) is 0.294. The van der Waals surface area contributed by atoms with Gasteiger partial charge in [0.05, 0.1) is 6.10 Å². The molecule has 0 bridgehead atoms. The molecule has 106 valence electrons. The highest BCUT2D eigenvalue weighted by Crippen LogP contribution is 2.12. The van der Waals surface area contributed by atoms with Gasteiger partial charge < -0.3 is 15.5 Å². The van der Waals surface area contributed by atoms with Crippen molar-refractivity contribution in [3.63, 3.8) is 0 Å². The second-order valence-electron chi connectivity index (χ2n) is 4.90. The molecule has 0 amide bonds. The summed E-state index contributed by atoms with van der Waals surface area (Å²) in [4.78, 5) is 0. The minimum absolute atomic E-state index is 0.304. The van der Waals surface area contributed by atoms with Gasteiger partial charge in [0, 0.05) is 6.54 Å². The molecular formula is C17H21NO2. The predicted molar refractivity (Wildman–Crippen MR) is 80.7 cm³/mol. The molecule has 1 unspecified atom stereocenters. The van der Waals surface area contributed by atoms with Crippen LogP contribution in [0.15, 0.2) is 54.6 Å². The summed E-state index contributed by atoms with van der Waals surface area (Å²) in [6.45, 7) is 1.43. The molecule has 0 radical (unpaired) electrons. The summed E-state index contributed by atoms with van der Waals surface area (Å²) < 4.78 is 0. The van der Waals surface area contributed by atoms with Gasteiger partial charge in [-0.1, -0.05) is 42.5 Å². The maximum atomic E-state index is 9.98. The van der Waals surface area contributed by atoms with Crippen molar-refractivity contribution in [2.75, 3.05) is 13.1 Å². The number of aryl methyl sites for hydroxylation is 1. The summed E-state index contributed by atoms with van der Waals surface area (Å²) in [5, 5.41) is 22.4. The van der Waals surface area contributed by atoms with Gasteiger partial charge in [0.1, 0.15) is 5.75 Å². The Hall–Kier alpha value is -1.84. The number of nitrogens with one attached hydrogen (secondary N) is 1. The van der Waals surface area contributed by atoms with Crippen LogP contribution in [0.25, 0.3) is 0 Å². The highest BCUT2D eigenvalue weighted by atomic mass is 16.3. The number of hydrogen-bond donors (Lipinski definition) is 3. The lowest BCUT2D eigenvalue weighted by atomic mass is 10.1. The maximum Gasteiger partial charge on any atom is 0.115 e. The van der Waals surface area contributed by atoms with E-state index in [1.807, 2.05) is 42.5 Å². The van der Waals surface area contributed by atoms with E-state index in [1.165, 1.54) is 5.56 Å². The second-order valence-corrected chi connectivity index (χ2v) is 4.90. The summed E-state index contributed by atoms with van der Waals surface area (Å²) >= 11 is 0. The molecule has 3 N–H and O–H groups in total. The number of hydrogen-bond acceptors (Lipinski definition) is 3. The first-order valence-electron chi connectivity index (χ1n) is 6.97. The third-order valence-corrected chi connectivity index (χ3v) is 3.28. The maximum absolute atomic E-state index is 9.98. The molecule has 0 heterocycles. The molecule has 2 aromatic carbocycles. The largest absolute Gasteiger partial charge is 0.508 e. The fourth-order valence-electron chi connectivity index (χ4n) is 2.11. The van der Waals surface area contributed by atoms with Crippen molar-refractivity contribution in [3.8, 4) is 5.75 Å². The van der Waals surface area contributed by atoms with Crippen LogP contribution < -0.4 is 5.32 Å². The molecule has 2 aromatic rings. The number of rotatable bonds is 7. The molecule has 0 saturated carbocycles. The molecule has 0 spiro atoms. The van der Waals surface area contributed by atoms with Crippen LogP contribution in [0.1, 0.15) is 23.7 Å². The molecule has 0 saturated heterocycles. The third kappa shape index (κ3) is 4.68. The normalized spacial score (nSPS) is 12.2. The van der Waals surface area contributed by atoms with Crippen molar-refractivity contribution < 1.29 is 10.2 Å². The Morgan fingerprint density at radius 3 is 2.35 bits per heavy atom. The SMILES string of the molecule is Oc1ccc(CCCNCC(O)c2ccccc2)cc1. The molecule has 1 atom stereocenters. The van der Waals surface area contributed by atoms with E-state index < -0.39 is 6.10 Å².